The van der Waals surface area contributed by atoms with Gasteiger partial charge in [-0.3, -0.25) is 4.98 Å². The molecule has 2 N–H and O–H groups in total. The summed E-state index contributed by atoms with van der Waals surface area (Å²) < 4.78 is 5.37. The van der Waals surface area contributed by atoms with Gasteiger partial charge in [0.25, 0.3) is 0 Å². The van der Waals surface area contributed by atoms with E-state index in [9.17, 15) is 0 Å². The molecule has 18 heavy (non-hydrogen) atoms. The normalized spacial score (nSPS) is 16.5. The van der Waals surface area contributed by atoms with Crippen molar-refractivity contribution in [3.05, 3.63) is 24.0 Å². The standard InChI is InChI=1S/C13H19N3OS/c1-16(9-10-4-6-17-7-5-10)11-2-3-12(13(14)18)15-8-11/h2-3,8,10H,4-7,9H2,1H3,(H2,14,18). The van der Waals surface area contributed by atoms with Crippen LogP contribution in [0, 0.1) is 5.92 Å². The molecule has 0 bridgehead atoms. The zero-order chi connectivity index (χ0) is 13.0. The molecule has 0 amide bonds. The third-order valence-corrected chi connectivity index (χ3v) is 3.52. The van der Waals surface area contributed by atoms with Crippen LogP contribution in [0.25, 0.3) is 0 Å². The summed E-state index contributed by atoms with van der Waals surface area (Å²) >= 11 is 4.89. The number of nitrogens with zero attached hydrogens (tertiary/aromatic N) is 2. The summed E-state index contributed by atoms with van der Waals surface area (Å²) in [5.74, 6) is 0.707. The number of hydrogen-bond acceptors (Lipinski definition) is 4. The molecule has 4 nitrogen and oxygen atoms in total. The average Bonchev–Trinajstić information content (AvgIpc) is 2.40. The lowest BCUT2D eigenvalue weighted by atomic mass is 10.00. The van der Waals surface area contributed by atoms with Crippen molar-refractivity contribution in [2.75, 3.05) is 31.7 Å². The Morgan fingerprint density at radius 2 is 2.22 bits per heavy atom. The van der Waals surface area contributed by atoms with Crippen molar-refractivity contribution >= 4 is 22.9 Å². The number of rotatable bonds is 4. The van der Waals surface area contributed by atoms with Gasteiger partial charge in [0, 0.05) is 26.8 Å². The predicted octanol–water partition coefficient (Wildman–Crippen LogP) is 1.58. The Labute approximate surface area is 113 Å². The van der Waals surface area contributed by atoms with Crippen molar-refractivity contribution in [1.29, 1.82) is 0 Å². The second-order valence-electron chi connectivity index (χ2n) is 4.70. The highest BCUT2D eigenvalue weighted by molar-refractivity contribution is 7.80. The summed E-state index contributed by atoms with van der Waals surface area (Å²) in [5.41, 5.74) is 7.30. The summed E-state index contributed by atoms with van der Waals surface area (Å²) in [6.07, 6.45) is 4.11. The largest absolute Gasteiger partial charge is 0.388 e. The fraction of sp³-hybridized carbons (Fsp3) is 0.538. The van der Waals surface area contributed by atoms with Crippen molar-refractivity contribution in [2.45, 2.75) is 12.8 Å². The first kappa shape index (κ1) is 13.2. The molecule has 0 unspecified atom stereocenters. The molecule has 2 heterocycles. The molecular formula is C13H19N3OS. The van der Waals surface area contributed by atoms with Crippen LogP contribution in [0.4, 0.5) is 5.69 Å². The third-order valence-electron chi connectivity index (χ3n) is 3.31. The van der Waals surface area contributed by atoms with Crippen LogP contribution in [0.15, 0.2) is 18.3 Å². The minimum Gasteiger partial charge on any atom is -0.388 e. The van der Waals surface area contributed by atoms with E-state index in [1.165, 1.54) is 0 Å². The maximum absolute atomic E-state index is 5.53. The van der Waals surface area contributed by atoms with E-state index < -0.39 is 0 Å². The number of aromatic nitrogens is 1. The first-order valence-electron chi connectivity index (χ1n) is 6.21. The van der Waals surface area contributed by atoms with Gasteiger partial charge in [0.1, 0.15) is 4.99 Å². The van der Waals surface area contributed by atoms with Crippen molar-refractivity contribution < 1.29 is 4.74 Å². The van der Waals surface area contributed by atoms with Crippen molar-refractivity contribution in [3.63, 3.8) is 0 Å². The Kier molecular flexibility index (Phi) is 4.49. The molecule has 0 radical (unpaired) electrons. The van der Waals surface area contributed by atoms with Crippen LogP contribution in [-0.4, -0.2) is 36.8 Å². The fourth-order valence-corrected chi connectivity index (χ4v) is 2.30. The molecule has 0 aromatic carbocycles. The maximum Gasteiger partial charge on any atom is 0.122 e. The van der Waals surface area contributed by atoms with Crippen molar-refractivity contribution in [3.8, 4) is 0 Å². The number of nitrogens with two attached hydrogens (primary N) is 1. The van der Waals surface area contributed by atoms with E-state index in [4.69, 9.17) is 22.7 Å². The Balaban J connectivity index is 1.95. The first-order chi connectivity index (χ1) is 8.66. The molecule has 5 heteroatoms. The van der Waals surface area contributed by atoms with E-state index in [-0.39, 0.29) is 0 Å². The lowest BCUT2D eigenvalue weighted by Crippen LogP contribution is -2.29. The number of hydrogen-bond donors (Lipinski definition) is 1. The number of ether oxygens (including phenoxy) is 1. The van der Waals surface area contributed by atoms with Crippen molar-refractivity contribution in [1.82, 2.24) is 4.98 Å². The highest BCUT2D eigenvalue weighted by Crippen LogP contribution is 2.19. The number of thiocarbonyl (C=S) groups is 1. The van der Waals surface area contributed by atoms with Crippen LogP contribution in [0.1, 0.15) is 18.5 Å². The molecule has 0 aliphatic carbocycles. The maximum atomic E-state index is 5.53. The third kappa shape index (κ3) is 3.40. The summed E-state index contributed by atoms with van der Waals surface area (Å²) in [7, 11) is 2.09. The van der Waals surface area contributed by atoms with Gasteiger partial charge in [-0.15, -0.1) is 0 Å². The summed E-state index contributed by atoms with van der Waals surface area (Å²) in [6.45, 7) is 2.81. The monoisotopic (exact) mass is 265 g/mol. The second kappa shape index (κ2) is 6.11. The van der Waals surface area contributed by atoms with Gasteiger partial charge in [-0.25, -0.2) is 0 Å². The van der Waals surface area contributed by atoms with E-state index in [2.05, 4.69) is 16.9 Å². The Morgan fingerprint density at radius 1 is 1.50 bits per heavy atom. The molecule has 2 rings (SSSR count). The lowest BCUT2D eigenvalue weighted by Gasteiger charge is -2.28. The second-order valence-corrected chi connectivity index (χ2v) is 5.14. The minimum atomic E-state index is 0.341. The van der Waals surface area contributed by atoms with E-state index >= 15 is 0 Å². The fourth-order valence-electron chi connectivity index (χ4n) is 2.18. The number of anilines is 1. The molecule has 1 saturated heterocycles. The van der Waals surface area contributed by atoms with Gasteiger partial charge >= 0.3 is 0 Å². The van der Waals surface area contributed by atoms with Crippen LogP contribution in [-0.2, 0) is 4.74 Å². The van der Waals surface area contributed by atoms with E-state index in [1.54, 1.807) is 0 Å². The molecule has 1 aliphatic rings. The Bertz CT molecular complexity index is 401. The van der Waals surface area contributed by atoms with Gasteiger partial charge in [-0.2, -0.15) is 0 Å². The average molecular weight is 265 g/mol. The SMILES string of the molecule is CN(CC1CCOCC1)c1ccc(C(N)=S)nc1. The van der Waals surface area contributed by atoms with Gasteiger partial charge in [-0.05, 0) is 30.9 Å². The Morgan fingerprint density at radius 3 is 2.78 bits per heavy atom. The molecule has 0 atom stereocenters. The van der Waals surface area contributed by atoms with Crippen molar-refractivity contribution in [2.24, 2.45) is 11.7 Å². The minimum absolute atomic E-state index is 0.341. The molecule has 1 aromatic heterocycles. The molecule has 98 valence electrons. The van der Waals surface area contributed by atoms with E-state index in [0.29, 0.717) is 16.6 Å². The molecule has 1 fully saturated rings. The molecule has 1 aromatic rings. The van der Waals surface area contributed by atoms with Gasteiger partial charge in [0.05, 0.1) is 17.6 Å². The first-order valence-corrected chi connectivity index (χ1v) is 6.62. The molecule has 0 spiro atoms. The molecular weight excluding hydrogens is 246 g/mol. The summed E-state index contributed by atoms with van der Waals surface area (Å²) in [5, 5.41) is 0. The highest BCUT2D eigenvalue weighted by atomic mass is 32.1. The van der Waals surface area contributed by atoms with Crippen LogP contribution >= 0.6 is 12.2 Å². The quantitative estimate of drug-likeness (QED) is 0.838. The highest BCUT2D eigenvalue weighted by Gasteiger charge is 2.16. The van der Waals surface area contributed by atoms with Gasteiger partial charge < -0.3 is 15.4 Å². The van der Waals surface area contributed by atoms with Gasteiger partial charge in [-0.1, -0.05) is 12.2 Å². The summed E-state index contributed by atoms with van der Waals surface area (Å²) in [6, 6.07) is 3.89. The van der Waals surface area contributed by atoms with E-state index in [0.717, 1.165) is 38.3 Å². The topological polar surface area (TPSA) is 51.4 Å². The summed E-state index contributed by atoms with van der Waals surface area (Å²) in [4.78, 5) is 6.83. The van der Waals surface area contributed by atoms with Gasteiger partial charge in [0.2, 0.25) is 0 Å². The Hall–Kier alpha value is -1.20. The van der Waals surface area contributed by atoms with Crippen LogP contribution < -0.4 is 10.6 Å². The van der Waals surface area contributed by atoms with Crippen LogP contribution in [0.3, 0.4) is 0 Å². The van der Waals surface area contributed by atoms with Gasteiger partial charge in [0.15, 0.2) is 0 Å². The zero-order valence-electron chi connectivity index (χ0n) is 10.6. The van der Waals surface area contributed by atoms with Crippen LogP contribution in [0.5, 0.6) is 0 Å². The van der Waals surface area contributed by atoms with E-state index in [1.807, 2.05) is 18.3 Å². The van der Waals surface area contributed by atoms with Crippen LogP contribution in [0.2, 0.25) is 0 Å². The predicted molar refractivity (Wildman–Crippen MR) is 76.9 cm³/mol. The smallest absolute Gasteiger partial charge is 0.122 e. The lowest BCUT2D eigenvalue weighted by molar-refractivity contribution is 0.0685. The molecule has 1 aliphatic heterocycles. The zero-order valence-corrected chi connectivity index (χ0v) is 11.4. The molecule has 0 saturated carbocycles. The number of pyridine rings is 1.